The SMILES string of the molecule is C#CC(OC(=O)c1ccc([N+](=O)[O-])cc1)C(C)C. The van der Waals surface area contributed by atoms with Crippen LogP contribution in [0.1, 0.15) is 24.2 Å². The zero-order chi connectivity index (χ0) is 13.7. The molecule has 5 nitrogen and oxygen atoms in total. The maximum Gasteiger partial charge on any atom is 0.339 e. The lowest BCUT2D eigenvalue weighted by molar-refractivity contribution is -0.384. The molecule has 1 unspecified atom stereocenters. The van der Waals surface area contributed by atoms with Crippen molar-refractivity contribution in [3.05, 3.63) is 39.9 Å². The molecule has 0 aliphatic heterocycles. The molecule has 1 atom stereocenters. The first-order chi connectivity index (χ1) is 8.45. The number of carbonyl (C=O) groups excluding carboxylic acids is 1. The van der Waals surface area contributed by atoms with Crippen molar-refractivity contribution < 1.29 is 14.5 Å². The third-order valence-corrected chi connectivity index (χ3v) is 2.32. The number of nitrogens with zero attached hydrogens (tertiary/aromatic N) is 1. The van der Waals surface area contributed by atoms with E-state index in [1.807, 2.05) is 13.8 Å². The molecule has 0 radical (unpaired) electrons. The van der Waals surface area contributed by atoms with Gasteiger partial charge in [-0.15, -0.1) is 6.42 Å². The van der Waals surface area contributed by atoms with Crippen molar-refractivity contribution in [3.8, 4) is 12.3 Å². The van der Waals surface area contributed by atoms with Gasteiger partial charge in [0, 0.05) is 18.1 Å². The first kappa shape index (κ1) is 13.7. The number of non-ortho nitro benzene ring substituents is 1. The van der Waals surface area contributed by atoms with Gasteiger partial charge in [-0.25, -0.2) is 4.79 Å². The number of carbonyl (C=O) groups is 1. The van der Waals surface area contributed by atoms with Crippen molar-refractivity contribution in [2.24, 2.45) is 5.92 Å². The Morgan fingerprint density at radius 3 is 2.33 bits per heavy atom. The summed E-state index contributed by atoms with van der Waals surface area (Å²) < 4.78 is 5.10. The third kappa shape index (κ3) is 3.32. The molecule has 1 aromatic carbocycles. The van der Waals surface area contributed by atoms with Crippen LogP contribution >= 0.6 is 0 Å². The van der Waals surface area contributed by atoms with Crippen LogP contribution in [0.2, 0.25) is 0 Å². The number of nitro benzene ring substituents is 1. The van der Waals surface area contributed by atoms with Crippen LogP contribution in [0.15, 0.2) is 24.3 Å². The highest BCUT2D eigenvalue weighted by atomic mass is 16.6. The normalized spacial score (nSPS) is 11.7. The maximum atomic E-state index is 11.7. The van der Waals surface area contributed by atoms with E-state index in [2.05, 4.69) is 5.92 Å². The van der Waals surface area contributed by atoms with Gasteiger partial charge in [-0.2, -0.15) is 0 Å². The molecule has 0 saturated heterocycles. The van der Waals surface area contributed by atoms with Gasteiger partial charge in [-0.1, -0.05) is 19.8 Å². The van der Waals surface area contributed by atoms with E-state index < -0.39 is 17.0 Å². The summed E-state index contributed by atoms with van der Waals surface area (Å²) in [6.45, 7) is 3.68. The number of rotatable bonds is 4. The topological polar surface area (TPSA) is 69.4 Å². The van der Waals surface area contributed by atoms with Crippen molar-refractivity contribution in [2.75, 3.05) is 0 Å². The summed E-state index contributed by atoms with van der Waals surface area (Å²) in [6.07, 6.45) is 4.64. The van der Waals surface area contributed by atoms with Crippen molar-refractivity contribution in [3.63, 3.8) is 0 Å². The van der Waals surface area contributed by atoms with E-state index in [0.717, 1.165) is 0 Å². The van der Waals surface area contributed by atoms with Crippen molar-refractivity contribution in [1.82, 2.24) is 0 Å². The number of ether oxygens (including phenoxy) is 1. The molecule has 0 saturated carbocycles. The lowest BCUT2D eigenvalue weighted by atomic mass is 10.1. The van der Waals surface area contributed by atoms with Gasteiger partial charge >= 0.3 is 5.97 Å². The molecule has 94 valence electrons. The van der Waals surface area contributed by atoms with Crippen LogP contribution in [0, 0.1) is 28.4 Å². The molecule has 5 heteroatoms. The van der Waals surface area contributed by atoms with Crippen molar-refractivity contribution in [2.45, 2.75) is 20.0 Å². The van der Waals surface area contributed by atoms with Crippen LogP contribution in [0.25, 0.3) is 0 Å². The summed E-state index contributed by atoms with van der Waals surface area (Å²) in [6, 6.07) is 5.18. The fourth-order valence-electron chi connectivity index (χ4n) is 1.27. The Hall–Kier alpha value is -2.35. The summed E-state index contributed by atoms with van der Waals surface area (Å²) in [4.78, 5) is 21.6. The van der Waals surface area contributed by atoms with Crippen LogP contribution in [-0.2, 0) is 4.74 Å². The van der Waals surface area contributed by atoms with Gasteiger partial charge in [0.2, 0.25) is 0 Å². The average molecular weight is 247 g/mol. The van der Waals surface area contributed by atoms with E-state index in [9.17, 15) is 14.9 Å². The molecule has 1 aromatic rings. The zero-order valence-electron chi connectivity index (χ0n) is 10.1. The van der Waals surface area contributed by atoms with Crippen LogP contribution in [0.3, 0.4) is 0 Å². The van der Waals surface area contributed by atoms with E-state index in [4.69, 9.17) is 11.2 Å². The fourth-order valence-corrected chi connectivity index (χ4v) is 1.27. The van der Waals surface area contributed by atoms with E-state index in [1.165, 1.54) is 24.3 Å². The van der Waals surface area contributed by atoms with Gasteiger partial charge < -0.3 is 4.74 Å². The second-order valence-electron chi connectivity index (χ2n) is 4.04. The molecule has 0 aromatic heterocycles. The summed E-state index contributed by atoms with van der Waals surface area (Å²) in [5, 5.41) is 10.5. The highest BCUT2D eigenvalue weighted by molar-refractivity contribution is 5.89. The Bertz CT molecular complexity index is 485. The summed E-state index contributed by atoms with van der Waals surface area (Å²) in [5.41, 5.74) is 0.158. The number of hydrogen-bond acceptors (Lipinski definition) is 4. The van der Waals surface area contributed by atoms with Crippen LogP contribution in [0.5, 0.6) is 0 Å². The highest BCUT2D eigenvalue weighted by Gasteiger charge is 2.17. The standard InChI is InChI=1S/C13H13NO4/c1-4-12(9(2)3)18-13(15)10-5-7-11(8-6-10)14(16)17/h1,5-9,12H,2-3H3. The predicted octanol–water partition coefficient (Wildman–Crippen LogP) is 2.41. The van der Waals surface area contributed by atoms with Gasteiger partial charge in [-0.3, -0.25) is 10.1 Å². The minimum atomic E-state index is -0.604. The minimum absolute atomic E-state index is 0.0111. The monoisotopic (exact) mass is 247 g/mol. The van der Waals surface area contributed by atoms with Gasteiger partial charge in [0.1, 0.15) is 0 Å². The molecular weight excluding hydrogens is 234 g/mol. The predicted molar refractivity (Wildman–Crippen MR) is 66.0 cm³/mol. The van der Waals surface area contributed by atoms with Gasteiger partial charge in [0.05, 0.1) is 10.5 Å². The quantitative estimate of drug-likeness (QED) is 0.354. The smallest absolute Gasteiger partial charge is 0.339 e. The zero-order valence-corrected chi connectivity index (χ0v) is 10.1. The van der Waals surface area contributed by atoms with Crippen LogP contribution in [-0.4, -0.2) is 17.0 Å². The molecule has 1 rings (SSSR count). The maximum absolute atomic E-state index is 11.7. The highest BCUT2D eigenvalue weighted by Crippen LogP contribution is 2.14. The lowest BCUT2D eigenvalue weighted by Gasteiger charge is -2.15. The molecule has 0 amide bonds. The molecule has 0 fully saturated rings. The van der Waals surface area contributed by atoms with E-state index in [0.29, 0.717) is 0 Å². The second-order valence-corrected chi connectivity index (χ2v) is 4.04. The Balaban J connectivity index is 2.79. The number of nitro groups is 1. The summed E-state index contributed by atoms with van der Waals surface area (Å²) >= 11 is 0. The molecular formula is C13H13NO4. The Kier molecular flexibility index (Phi) is 4.44. The molecule has 18 heavy (non-hydrogen) atoms. The van der Waals surface area contributed by atoms with Crippen molar-refractivity contribution >= 4 is 11.7 Å². The first-order valence-corrected chi connectivity index (χ1v) is 5.37. The fraction of sp³-hybridized carbons (Fsp3) is 0.308. The first-order valence-electron chi connectivity index (χ1n) is 5.37. The van der Waals surface area contributed by atoms with Gasteiger partial charge in [0.25, 0.3) is 5.69 Å². The Morgan fingerprint density at radius 1 is 1.39 bits per heavy atom. The second kappa shape index (κ2) is 5.82. The molecule has 0 spiro atoms. The number of benzene rings is 1. The Labute approximate surface area is 105 Å². The van der Waals surface area contributed by atoms with E-state index >= 15 is 0 Å². The van der Waals surface area contributed by atoms with Crippen molar-refractivity contribution in [1.29, 1.82) is 0 Å². The number of esters is 1. The van der Waals surface area contributed by atoms with Gasteiger partial charge in [0.15, 0.2) is 6.10 Å². The number of terminal acetylenes is 1. The van der Waals surface area contributed by atoms with Crippen LogP contribution < -0.4 is 0 Å². The number of hydrogen-bond donors (Lipinski definition) is 0. The molecule has 0 aliphatic rings. The summed E-state index contributed by atoms with van der Waals surface area (Å²) in [7, 11) is 0. The average Bonchev–Trinajstić information content (AvgIpc) is 2.35. The van der Waals surface area contributed by atoms with E-state index in [-0.39, 0.29) is 17.2 Å². The molecule has 0 aliphatic carbocycles. The largest absolute Gasteiger partial charge is 0.445 e. The minimum Gasteiger partial charge on any atom is -0.445 e. The third-order valence-electron chi connectivity index (χ3n) is 2.32. The summed E-state index contributed by atoms with van der Waals surface area (Å²) in [5.74, 6) is 1.81. The molecule has 0 heterocycles. The molecule has 0 bridgehead atoms. The van der Waals surface area contributed by atoms with E-state index in [1.54, 1.807) is 0 Å². The van der Waals surface area contributed by atoms with Crippen LogP contribution in [0.4, 0.5) is 5.69 Å². The lowest BCUT2D eigenvalue weighted by Crippen LogP contribution is -2.21. The Morgan fingerprint density at radius 2 is 1.94 bits per heavy atom. The van der Waals surface area contributed by atoms with Gasteiger partial charge in [-0.05, 0) is 12.1 Å². The molecule has 0 N–H and O–H groups in total.